The van der Waals surface area contributed by atoms with Crippen molar-refractivity contribution in [3.63, 3.8) is 0 Å². The molecule has 168 valence electrons. The molecule has 10 heteroatoms. The summed E-state index contributed by atoms with van der Waals surface area (Å²) >= 11 is 6.17. The number of nitrogens with one attached hydrogen (secondary N) is 1. The highest BCUT2D eigenvalue weighted by Crippen LogP contribution is 2.32. The van der Waals surface area contributed by atoms with E-state index in [0.717, 1.165) is 11.1 Å². The lowest BCUT2D eigenvalue weighted by Gasteiger charge is -2.17. The number of primary sulfonamides is 1. The van der Waals surface area contributed by atoms with E-state index in [-0.39, 0.29) is 23.1 Å². The molecule has 2 rings (SSSR count). The van der Waals surface area contributed by atoms with Crippen LogP contribution in [-0.4, -0.2) is 33.0 Å². The number of anilines is 1. The number of hydrogen-bond acceptors (Lipinski definition) is 6. The first kappa shape index (κ1) is 24.6. The van der Waals surface area contributed by atoms with Crippen LogP contribution in [0.1, 0.15) is 37.8 Å². The molecular formula is C21H25ClN2O6S. The molecule has 0 aliphatic heterocycles. The number of rotatable bonds is 8. The zero-order valence-electron chi connectivity index (χ0n) is 17.6. The molecule has 2 aromatic carbocycles. The molecule has 1 amide bonds. The van der Waals surface area contributed by atoms with Crippen LogP contribution in [0.15, 0.2) is 41.3 Å². The number of aryl methyl sites for hydroxylation is 1. The molecule has 2 aromatic rings. The lowest BCUT2D eigenvalue weighted by Crippen LogP contribution is -2.31. The van der Waals surface area contributed by atoms with Crippen molar-refractivity contribution < 1.29 is 27.5 Å². The lowest BCUT2D eigenvalue weighted by atomic mass is 10.0. The van der Waals surface area contributed by atoms with Crippen molar-refractivity contribution in [3.8, 4) is 5.75 Å². The topological polar surface area (TPSA) is 125 Å². The van der Waals surface area contributed by atoms with Crippen LogP contribution in [0.5, 0.6) is 5.75 Å². The number of ether oxygens (including phenoxy) is 2. The van der Waals surface area contributed by atoms with E-state index in [1.54, 1.807) is 12.1 Å². The van der Waals surface area contributed by atoms with E-state index >= 15 is 0 Å². The second kappa shape index (κ2) is 10.1. The van der Waals surface area contributed by atoms with E-state index in [4.69, 9.17) is 26.2 Å². The SMILES string of the molecule is Cc1cc(OCC(=O)OC(C)C(=O)Nc2cccc(S(N)(=O)=O)c2)c(C(C)C)cc1Cl. The van der Waals surface area contributed by atoms with Crippen molar-refractivity contribution in [3.05, 3.63) is 52.5 Å². The number of benzene rings is 2. The van der Waals surface area contributed by atoms with Crippen LogP contribution in [0, 0.1) is 6.92 Å². The van der Waals surface area contributed by atoms with Crippen molar-refractivity contribution in [1.29, 1.82) is 0 Å². The van der Waals surface area contributed by atoms with Crippen LogP contribution >= 0.6 is 11.6 Å². The summed E-state index contributed by atoms with van der Waals surface area (Å²) in [5.41, 5.74) is 1.86. The van der Waals surface area contributed by atoms with Gasteiger partial charge in [0.1, 0.15) is 5.75 Å². The van der Waals surface area contributed by atoms with E-state index in [2.05, 4.69) is 5.32 Å². The molecule has 0 spiro atoms. The van der Waals surface area contributed by atoms with Gasteiger partial charge in [0.2, 0.25) is 10.0 Å². The third-order valence-electron chi connectivity index (χ3n) is 4.37. The van der Waals surface area contributed by atoms with Crippen LogP contribution in [0.25, 0.3) is 0 Å². The number of esters is 1. The molecule has 1 atom stereocenters. The summed E-state index contributed by atoms with van der Waals surface area (Å²) in [6.45, 7) is 6.78. The first-order valence-corrected chi connectivity index (χ1v) is 11.4. The molecule has 1 unspecified atom stereocenters. The van der Waals surface area contributed by atoms with Crippen LogP contribution in [0.4, 0.5) is 5.69 Å². The van der Waals surface area contributed by atoms with E-state index in [1.807, 2.05) is 20.8 Å². The highest BCUT2D eigenvalue weighted by molar-refractivity contribution is 7.89. The maximum atomic E-state index is 12.3. The summed E-state index contributed by atoms with van der Waals surface area (Å²) < 4.78 is 33.6. The van der Waals surface area contributed by atoms with Crippen LogP contribution in [0.3, 0.4) is 0 Å². The van der Waals surface area contributed by atoms with Crippen molar-refractivity contribution in [2.45, 2.75) is 44.6 Å². The third-order valence-corrected chi connectivity index (χ3v) is 5.68. The number of carbonyl (C=O) groups is 2. The molecule has 0 heterocycles. The Bertz CT molecular complexity index is 1090. The van der Waals surface area contributed by atoms with Gasteiger partial charge < -0.3 is 14.8 Å². The summed E-state index contributed by atoms with van der Waals surface area (Å²) in [4.78, 5) is 24.3. The molecule has 8 nitrogen and oxygen atoms in total. The Morgan fingerprint density at radius 2 is 1.84 bits per heavy atom. The Labute approximate surface area is 186 Å². The third kappa shape index (κ3) is 6.95. The number of nitrogens with two attached hydrogens (primary N) is 1. The summed E-state index contributed by atoms with van der Waals surface area (Å²) in [5, 5.41) is 8.17. The molecule has 0 bridgehead atoms. The van der Waals surface area contributed by atoms with E-state index in [1.165, 1.54) is 31.2 Å². The zero-order valence-corrected chi connectivity index (χ0v) is 19.2. The molecule has 0 aliphatic carbocycles. The second-order valence-electron chi connectivity index (χ2n) is 7.28. The van der Waals surface area contributed by atoms with Crippen molar-refractivity contribution in [2.75, 3.05) is 11.9 Å². The van der Waals surface area contributed by atoms with Crippen LogP contribution in [0.2, 0.25) is 5.02 Å². The van der Waals surface area contributed by atoms with Crippen LogP contribution < -0.4 is 15.2 Å². The molecule has 0 aliphatic rings. The van der Waals surface area contributed by atoms with Gasteiger partial charge in [-0.1, -0.05) is 31.5 Å². The fourth-order valence-electron chi connectivity index (χ4n) is 2.66. The quantitative estimate of drug-likeness (QED) is 0.572. The second-order valence-corrected chi connectivity index (χ2v) is 9.25. The fourth-order valence-corrected chi connectivity index (χ4v) is 3.39. The van der Waals surface area contributed by atoms with Crippen molar-refractivity contribution in [1.82, 2.24) is 0 Å². The smallest absolute Gasteiger partial charge is 0.344 e. The number of halogens is 1. The maximum absolute atomic E-state index is 12.3. The highest BCUT2D eigenvalue weighted by Gasteiger charge is 2.20. The standard InChI is InChI=1S/C21H25ClN2O6S/c1-12(2)17-10-18(22)13(3)8-19(17)29-11-20(25)30-14(4)21(26)24-15-6-5-7-16(9-15)31(23,27)28/h5-10,12,14H,11H2,1-4H3,(H,24,26)(H2,23,27,28). The van der Waals surface area contributed by atoms with E-state index in [9.17, 15) is 18.0 Å². The summed E-state index contributed by atoms with van der Waals surface area (Å²) in [5.74, 6) is -0.721. The molecule has 0 radical (unpaired) electrons. The Kier molecular flexibility index (Phi) is 8.05. The van der Waals surface area contributed by atoms with Gasteiger partial charge in [-0.3, -0.25) is 4.79 Å². The van der Waals surface area contributed by atoms with Gasteiger partial charge >= 0.3 is 5.97 Å². The Hall–Kier alpha value is -2.62. The number of sulfonamides is 1. The van der Waals surface area contributed by atoms with Gasteiger partial charge in [-0.25, -0.2) is 18.4 Å². The predicted octanol–water partition coefficient (Wildman–Crippen LogP) is 3.37. The predicted molar refractivity (Wildman–Crippen MR) is 118 cm³/mol. The molecule has 0 saturated carbocycles. The molecular weight excluding hydrogens is 444 g/mol. The Balaban J connectivity index is 1.97. The first-order valence-electron chi connectivity index (χ1n) is 9.44. The number of carbonyl (C=O) groups excluding carboxylic acids is 2. The lowest BCUT2D eigenvalue weighted by molar-refractivity contribution is -0.155. The van der Waals surface area contributed by atoms with E-state index in [0.29, 0.717) is 10.8 Å². The minimum Gasteiger partial charge on any atom is -0.482 e. The minimum atomic E-state index is -3.91. The molecule has 0 saturated heterocycles. The van der Waals surface area contributed by atoms with Crippen molar-refractivity contribution >= 4 is 39.2 Å². The average Bonchev–Trinajstić information content (AvgIpc) is 2.67. The molecule has 31 heavy (non-hydrogen) atoms. The number of amides is 1. The normalized spacial score (nSPS) is 12.4. The van der Waals surface area contributed by atoms with Gasteiger partial charge in [0.25, 0.3) is 5.91 Å². The monoisotopic (exact) mass is 468 g/mol. The van der Waals surface area contributed by atoms with Gasteiger partial charge in [-0.05, 0) is 61.2 Å². The van der Waals surface area contributed by atoms with Gasteiger partial charge in [0, 0.05) is 10.7 Å². The maximum Gasteiger partial charge on any atom is 0.344 e. The largest absolute Gasteiger partial charge is 0.482 e. The zero-order chi connectivity index (χ0) is 23.3. The van der Waals surface area contributed by atoms with Crippen molar-refractivity contribution in [2.24, 2.45) is 5.14 Å². The fraction of sp³-hybridized carbons (Fsp3) is 0.333. The summed E-state index contributed by atoms with van der Waals surface area (Å²) in [7, 11) is -3.91. The number of hydrogen-bond donors (Lipinski definition) is 2. The van der Waals surface area contributed by atoms with Gasteiger partial charge in [0.15, 0.2) is 12.7 Å². The molecule has 0 aromatic heterocycles. The Morgan fingerprint density at radius 1 is 1.16 bits per heavy atom. The summed E-state index contributed by atoms with van der Waals surface area (Å²) in [6.07, 6.45) is -1.13. The Morgan fingerprint density at radius 3 is 2.45 bits per heavy atom. The molecule has 3 N–H and O–H groups in total. The van der Waals surface area contributed by atoms with Crippen LogP contribution in [-0.2, 0) is 24.3 Å². The van der Waals surface area contributed by atoms with Gasteiger partial charge in [-0.2, -0.15) is 0 Å². The minimum absolute atomic E-state index is 0.127. The molecule has 0 fully saturated rings. The van der Waals surface area contributed by atoms with E-state index < -0.39 is 28.0 Å². The average molecular weight is 469 g/mol. The highest BCUT2D eigenvalue weighted by atomic mass is 35.5. The first-order chi connectivity index (χ1) is 14.4. The van der Waals surface area contributed by atoms with Gasteiger partial charge in [-0.15, -0.1) is 0 Å². The summed E-state index contributed by atoms with van der Waals surface area (Å²) in [6, 6.07) is 8.98. The van der Waals surface area contributed by atoms with Gasteiger partial charge in [0.05, 0.1) is 4.90 Å².